The fraction of sp³-hybridized carbons (Fsp3) is 0.170. The number of nitrogens with zero attached hydrogens (tertiary/aromatic N) is 3. The van der Waals surface area contributed by atoms with E-state index in [0.29, 0.717) is 11.3 Å². The summed E-state index contributed by atoms with van der Waals surface area (Å²) in [6, 6.07) is 53.1. The van der Waals surface area contributed by atoms with Crippen molar-refractivity contribution in [1.82, 2.24) is 25.1 Å². The quantitative estimate of drug-likeness (QED) is 0.0619. The number of benzene rings is 6. The predicted octanol–water partition coefficient (Wildman–Crippen LogP) is 7.58. The topological polar surface area (TPSA) is 160 Å². The number of carboxylic acid groups (broad SMARTS) is 1. The second-order valence-corrected chi connectivity index (χ2v) is 16.9. The molecule has 1 unspecified atom stereocenters. The third-order valence-corrected chi connectivity index (χ3v) is 13.0. The Morgan fingerprint density at radius 3 is 1.68 bits per heavy atom. The van der Waals surface area contributed by atoms with Crippen LogP contribution in [0, 0.1) is 0 Å². The molecule has 7 aromatic rings. The molecule has 0 aliphatic carbocycles. The maximum Gasteiger partial charge on any atom is 0.408 e. The Morgan fingerprint density at radius 1 is 0.652 bits per heavy atom. The summed E-state index contributed by atoms with van der Waals surface area (Å²) >= 11 is 1.35. The van der Waals surface area contributed by atoms with Gasteiger partial charge in [-0.15, -0.1) is 11.8 Å². The third-order valence-electron chi connectivity index (χ3n) is 11.6. The summed E-state index contributed by atoms with van der Waals surface area (Å²) in [5.74, 6) is -4.09. The Balaban J connectivity index is 1.21. The van der Waals surface area contributed by atoms with Gasteiger partial charge in [0, 0.05) is 30.5 Å². The van der Waals surface area contributed by atoms with E-state index in [-0.39, 0.29) is 25.2 Å². The minimum atomic E-state index is -1.69. The number of hydrogen-bond donors (Lipinski definition) is 3. The Hall–Kier alpha value is -7.77. The molecule has 1 fully saturated rings. The normalized spacial score (nSPS) is 15.5. The molecule has 0 radical (unpaired) electrons. The first kappa shape index (κ1) is 44.8. The summed E-state index contributed by atoms with van der Waals surface area (Å²) in [6.07, 6.45) is 2.35. The Morgan fingerprint density at radius 2 is 1.15 bits per heavy atom. The first-order valence-electron chi connectivity index (χ1n) is 21.5. The average molecular weight is 898 g/mol. The molecule has 6 aromatic carbocycles. The summed E-state index contributed by atoms with van der Waals surface area (Å²) < 4.78 is 7.74. The van der Waals surface area contributed by atoms with E-state index in [1.807, 2.05) is 156 Å². The van der Waals surface area contributed by atoms with E-state index in [9.17, 15) is 24.3 Å². The zero-order valence-electron chi connectivity index (χ0n) is 35.8. The number of thioether (sulfide) groups is 1. The van der Waals surface area contributed by atoms with Crippen LogP contribution in [-0.4, -0.2) is 73.1 Å². The van der Waals surface area contributed by atoms with Crippen molar-refractivity contribution in [2.45, 2.75) is 48.5 Å². The Bertz CT molecular complexity index is 2650. The Labute approximate surface area is 386 Å². The van der Waals surface area contributed by atoms with Gasteiger partial charge in [0.2, 0.25) is 11.8 Å². The molecule has 4 atom stereocenters. The molecule has 3 amide bonds. The number of ether oxygens (including phenoxy) is 1. The standard InChI is InChI=1S/C53H47N5O7S/c59-47(51(62)63)44(31-37-19-7-1-8-20-37)55-48(60)46-35-66-50(39-23-11-3-12-24-39)58(46)49(61)45(56-52(64)65-34-38-21-9-2-10-22-38)32-43-33-54-36-57(43)53(40-25-13-4-14-26-40,41-27-15-5-16-28-41)42-29-17-6-18-30-42/h1-30,33,36,44-46,50H,31-32,34-35H2,(H,55,60)(H,56,64)(H,62,63)/t44-,45-,46-,50?/m0/s1. The van der Waals surface area contributed by atoms with Crippen LogP contribution in [0.25, 0.3) is 0 Å². The van der Waals surface area contributed by atoms with Gasteiger partial charge in [0.05, 0.1) is 6.33 Å². The van der Waals surface area contributed by atoms with Crippen molar-refractivity contribution in [3.8, 4) is 0 Å². The lowest BCUT2D eigenvalue weighted by Crippen LogP contribution is -2.57. The fourth-order valence-electron chi connectivity index (χ4n) is 8.56. The van der Waals surface area contributed by atoms with Gasteiger partial charge >= 0.3 is 12.1 Å². The number of carbonyl (C=O) groups excluding carboxylic acids is 4. The van der Waals surface area contributed by atoms with Crippen LogP contribution in [0.1, 0.15) is 44.4 Å². The van der Waals surface area contributed by atoms with E-state index >= 15 is 4.79 Å². The molecule has 0 spiro atoms. The van der Waals surface area contributed by atoms with Crippen molar-refractivity contribution < 1.29 is 33.8 Å². The molecule has 66 heavy (non-hydrogen) atoms. The number of carboxylic acids is 1. The number of carbonyl (C=O) groups is 5. The van der Waals surface area contributed by atoms with Crippen molar-refractivity contribution >= 4 is 41.4 Å². The Kier molecular flexibility index (Phi) is 14.1. The van der Waals surface area contributed by atoms with Crippen molar-refractivity contribution in [2.75, 3.05) is 5.75 Å². The highest BCUT2D eigenvalue weighted by molar-refractivity contribution is 7.99. The fourth-order valence-corrected chi connectivity index (χ4v) is 9.99. The molecule has 3 N–H and O–H groups in total. The molecule has 0 bridgehead atoms. The van der Waals surface area contributed by atoms with Crippen LogP contribution in [0.15, 0.2) is 195 Å². The second-order valence-electron chi connectivity index (χ2n) is 15.8. The monoisotopic (exact) mass is 897 g/mol. The first-order chi connectivity index (χ1) is 32.2. The van der Waals surface area contributed by atoms with Crippen LogP contribution in [0.3, 0.4) is 0 Å². The number of aliphatic carboxylic acids is 1. The summed E-state index contributed by atoms with van der Waals surface area (Å²) in [7, 11) is 0. The van der Waals surface area contributed by atoms with Gasteiger partial charge in [0.25, 0.3) is 5.78 Å². The number of rotatable bonds is 17. The number of aromatic nitrogens is 2. The first-order valence-corrected chi connectivity index (χ1v) is 22.5. The van der Waals surface area contributed by atoms with Crippen LogP contribution in [0.5, 0.6) is 0 Å². The van der Waals surface area contributed by atoms with Crippen LogP contribution < -0.4 is 10.6 Å². The number of amides is 3. The summed E-state index contributed by atoms with van der Waals surface area (Å²) in [5.41, 5.74) is 4.41. The van der Waals surface area contributed by atoms with E-state index in [1.54, 1.807) is 42.9 Å². The summed E-state index contributed by atoms with van der Waals surface area (Å²) in [4.78, 5) is 75.4. The van der Waals surface area contributed by atoms with Gasteiger partial charge in [-0.25, -0.2) is 14.6 Å². The summed E-state index contributed by atoms with van der Waals surface area (Å²) in [5, 5.41) is 14.7. The molecular formula is C53H47N5O7S. The lowest BCUT2D eigenvalue weighted by Gasteiger charge is -2.39. The highest BCUT2D eigenvalue weighted by Crippen LogP contribution is 2.44. The predicted molar refractivity (Wildman–Crippen MR) is 251 cm³/mol. The summed E-state index contributed by atoms with van der Waals surface area (Å²) in [6.45, 7) is -0.0672. The van der Waals surface area contributed by atoms with Crippen molar-refractivity contribution in [1.29, 1.82) is 0 Å². The van der Waals surface area contributed by atoms with E-state index in [0.717, 1.165) is 27.8 Å². The molecule has 332 valence electrons. The van der Waals surface area contributed by atoms with E-state index in [2.05, 4.69) is 15.6 Å². The molecule has 8 rings (SSSR count). The van der Waals surface area contributed by atoms with Crippen LogP contribution in [0.4, 0.5) is 4.79 Å². The minimum absolute atomic E-state index is 0.0672. The number of nitrogens with one attached hydrogen (secondary N) is 2. The lowest BCUT2D eigenvalue weighted by atomic mass is 9.76. The molecule has 2 heterocycles. The van der Waals surface area contributed by atoms with Crippen LogP contribution in [-0.2, 0) is 48.9 Å². The average Bonchev–Trinajstić information content (AvgIpc) is 4.03. The smallest absolute Gasteiger partial charge is 0.408 e. The van der Waals surface area contributed by atoms with Crippen molar-refractivity contribution in [2.24, 2.45) is 0 Å². The van der Waals surface area contributed by atoms with Gasteiger partial charge in [0.15, 0.2) is 0 Å². The molecule has 0 saturated carbocycles. The molecule has 13 heteroatoms. The lowest BCUT2D eigenvalue weighted by molar-refractivity contribution is -0.151. The van der Waals surface area contributed by atoms with E-state index in [4.69, 9.17) is 4.74 Å². The largest absolute Gasteiger partial charge is 0.475 e. The SMILES string of the molecule is O=C(N[C@@H](Cc1cncn1C(c1ccccc1)(c1ccccc1)c1ccccc1)C(=O)N1C(c2ccccc2)SC[C@H]1C(=O)N[C@@H](Cc1ccccc1)C(=O)C(=O)O)OCc1ccccc1. The molecule has 1 aromatic heterocycles. The number of alkyl carbamates (subject to hydrolysis) is 1. The number of imidazole rings is 1. The molecular weight excluding hydrogens is 851 g/mol. The van der Waals surface area contributed by atoms with Crippen LogP contribution >= 0.6 is 11.8 Å². The van der Waals surface area contributed by atoms with Gasteiger partial charge in [-0.05, 0) is 33.4 Å². The highest BCUT2D eigenvalue weighted by Gasteiger charge is 2.47. The van der Waals surface area contributed by atoms with Gasteiger partial charge in [-0.3, -0.25) is 14.4 Å². The van der Waals surface area contributed by atoms with Crippen molar-refractivity contribution in [3.05, 3.63) is 234 Å². The molecule has 1 aliphatic rings. The highest BCUT2D eigenvalue weighted by atomic mass is 32.2. The molecule has 12 nitrogen and oxygen atoms in total. The zero-order valence-corrected chi connectivity index (χ0v) is 36.6. The van der Waals surface area contributed by atoms with Crippen LogP contribution in [0.2, 0.25) is 0 Å². The maximum atomic E-state index is 15.6. The maximum absolute atomic E-state index is 15.6. The van der Waals surface area contributed by atoms with Crippen molar-refractivity contribution in [3.63, 3.8) is 0 Å². The molecule has 1 saturated heterocycles. The third kappa shape index (κ3) is 9.81. The van der Waals surface area contributed by atoms with E-state index < -0.39 is 58.7 Å². The minimum Gasteiger partial charge on any atom is -0.475 e. The van der Waals surface area contributed by atoms with E-state index in [1.165, 1.54) is 16.7 Å². The van der Waals surface area contributed by atoms with Gasteiger partial charge in [-0.2, -0.15) is 0 Å². The zero-order chi connectivity index (χ0) is 45.9. The number of hydrogen-bond acceptors (Lipinski definition) is 8. The second kappa shape index (κ2) is 20.8. The number of ketones is 1. The van der Waals surface area contributed by atoms with Gasteiger partial charge in [-0.1, -0.05) is 182 Å². The van der Waals surface area contributed by atoms with Gasteiger partial charge < -0.3 is 29.9 Å². The van der Waals surface area contributed by atoms with Gasteiger partial charge in [0.1, 0.15) is 35.6 Å². The number of Topliss-reactive ketones (excluding diaryl/α,β-unsaturated/α-hetero) is 1. The molecule has 1 aliphatic heterocycles.